The lowest BCUT2D eigenvalue weighted by Crippen LogP contribution is -2.46. The Balaban J connectivity index is 0.00000512. The van der Waals surface area contributed by atoms with Crippen LogP contribution in [0.3, 0.4) is 0 Å². The first-order chi connectivity index (χ1) is 15.2. The van der Waals surface area contributed by atoms with Gasteiger partial charge in [0.25, 0.3) is 0 Å². The molecule has 2 N–H and O–H groups in total. The van der Waals surface area contributed by atoms with Crippen LogP contribution in [0.4, 0.5) is 0 Å². The molecular weight excluding hydrogens is 517 g/mol. The number of ether oxygens (including phenoxy) is 2. The van der Waals surface area contributed by atoms with Crippen LogP contribution in [-0.2, 0) is 11.3 Å². The molecule has 0 radical (unpaired) electrons. The van der Waals surface area contributed by atoms with E-state index in [2.05, 4.69) is 59.4 Å². The molecule has 1 aromatic carbocycles. The van der Waals surface area contributed by atoms with Crippen LogP contribution in [-0.4, -0.2) is 88.4 Å². The molecule has 7 nitrogen and oxygen atoms in total. The molecule has 1 aliphatic heterocycles. The Morgan fingerprint density at radius 2 is 1.78 bits per heavy atom. The van der Waals surface area contributed by atoms with Crippen molar-refractivity contribution in [3.05, 3.63) is 29.3 Å². The zero-order valence-electron chi connectivity index (χ0n) is 20.5. The van der Waals surface area contributed by atoms with E-state index in [9.17, 15) is 0 Å². The van der Waals surface area contributed by atoms with Gasteiger partial charge in [-0.1, -0.05) is 19.1 Å². The summed E-state index contributed by atoms with van der Waals surface area (Å²) < 4.78 is 11.0. The lowest BCUT2D eigenvalue weighted by molar-refractivity contribution is 0.136. The van der Waals surface area contributed by atoms with Gasteiger partial charge >= 0.3 is 0 Å². The molecule has 1 fully saturated rings. The normalized spacial score (nSPS) is 15.3. The fraction of sp³-hybridized carbons (Fsp3) is 0.708. The van der Waals surface area contributed by atoms with Gasteiger partial charge in [-0.25, -0.2) is 4.99 Å². The molecule has 0 unspecified atom stereocenters. The third-order valence-electron chi connectivity index (χ3n) is 5.63. The van der Waals surface area contributed by atoms with Gasteiger partial charge in [-0.15, -0.1) is 24.0 Å². The molecule has 0 amide bonds. The zero-order valence-corrected chi connectivity index (χ0v) is 22.8. The van der Waals surface area contributed by atoms with E-state index in [4.69, 9.17) is 14.5 Å². The molecule has 0 spiro atoms. The summed E-state index contributed by atoms with van der Waals surface area (Å²) in [5.74, 6) is 1.75. The van der Waals surface area contributed by atoms with Gasteiger partial charge in [0.1, 0.15) is 12.4 Å². The lowest BCUT2D eigenvalue weighted by atomic mass is 10.1. The maximum Gasteiger partial charge on any atom is 0.191 e. The minimum atomic E-state index is 0. The molecular formula is C24H44IN5O2. The first-order valence-electron chi connectivity index (χ1n) is 11.8. The number of nitrogens with zero attached hydrogens (tertiary/aromatic N) is 3. The minimum Gasteiger partial charge on any atom is -0.491 e. The Morgan fingerprint density at radius 1 is 1.03 bits per heavy atom. The SMILES string of the molecule is CCNC(=NCc1ccc(C)cc1OCCOC)NCCCCN1CCN(CC)CC1.I. The van der Waals surface area contributed by atoms with Crippen LogP contribution in [0.2, 0.25) is 0 Å². The predicted molar refractivity (Wildman–Crippen MR) is 145 cm³/mol. The van der Waals surface area contributed by atoms with Crippen LogP contribution in [0.15, 0.2) is 23.2 Å². The van der Waals surface area contributed by atoms with Gasteiger partial charge in [0, 0.05) is 51.9 Å². The Labute approximate surface area is 212 Å². The quantitative estimate of drug-likeness (QED) is 0.167. The summed E-state index contributed by atoms with van der Waals surface area (Å²) in [7, 11) is 1.69. The molecule has 0 aromatic heterocycles. The largest absolute Gasteiger partial charge is 0.491 e. The van der Waals surface area contributed by atoms with Gasteiger partial charge in [-0.2, -0.15) is 0 Å². The third kappa shape index (κ3) is 11.2. The number of nitrogens with one attached hydrogen (secondary N) is 2. The summed E-state index contributed by atoms with van der Waals surface area (Å²) in [5, 5.41) is 6.83. The number of methoxy groups -OCH3 is 1. The van der Waals surface area contributed by atoms with Crippen LogP contribution in [0.1, 0.15) is 37.8 Å². The second-order valence-corrected chi connectivity index (χ2v) is 8.06. The van der Waals surface area contributed by atoms with Crippen molar-refractivity contribution in [1.82, 2.24) is 20.4 Å². The maximum atomic E-state index is 5.89. The molecule has 0 saturated carbocycles. The summed E-state index contributed by atoms with van der Waals surface area (Å²) in [6.07, 6.45) is 2.36. The van der Waals surface area contributed by atoms with Crippen molar-refractivity contribution in [3.8, 4) is 5.75 Å². The molecule has 0 bridgehead atoms. The predicted octanol–water partition coefficient (Wildman–Crippen LogP) is 3.11. The van der Waals surface area contributed by atoms with Crippen LogP contribution < -0.4 is 15.4 Å². The molecule has 184 valence electrons. The standard InChI is InChI=1S/C24H43N5O2.HI/c1-5-25-24(26-11-7-8-12-29-15-13-28(6-2)14-16-29)27-20-22-10-9-21(3)19-23(22)31-18-17-30-4;/h9-10,19H,5-8,11-18,20H2,1-4H3,(H2,25,26,27);1H. The number of aryl methyl sites for hydroxylation is 1. The molecule has 0 atom stereocenters. The summed E-state index contributed by atoms with van der Waals surface area (Å²) in [5.41, 5.74) is 2.27. The van der Waals surface area contributed by atoms with Crippen molar-refractivity contribution in [1.29, 1.82) is 0 Å². The van der Waals surface area contributed by atoms with Crippen molar-refractivity contribution >= 4 is 29.9 Å². The molecule has 2 rings (SSSR count). The van der Waals surface area contributed by atoms with Crippen molar-refractivity contribution in [2.24, 2.45) is 4.99 Å². The van der Waals surface area contributed by atoms with Gasteiger partial charge in [-0.3, -0.25) is 0 Å². The zero-order chi connectivity index (χ0) is 22.3. The highest BCUT2D eigenvalue weighted by atomic mass is 127. The van der Waals surface area contributed by atoms with Crippen LogP contribution in [0.25, 0.3) is 0 Å². The number of hydrogen-bond donors (Lipinski definition) is 2. The molecule has 1 aromatic rings. The van der Waals surface area contributed by atoms with Crippen molar-refractivity contribution in [2.75, 3.05) is 72.7 Å². The first-order valence-corrected chi connectivity index (χ1v) is 11.8. The number of benzene rings is 1. The Kier molecular flexibility index (Phi) is 15.7. The number of aliphatic imine (C=N–C) groups is 1. The van der Waals surface area contributed by atoms with Crippen molar-refractivity contribution < 1.29 is 9.47 Å². The Morgan fingerprint density at radius 3 is 2.47 bits per heavy atom. The summed E-state index contributed by atoms with van der Waals surface area (Å²) in [6.45, 7) is 17.1. The van der Waals surface area contributed by atoms with E-state index in [1.54, 1.807) is 7.11 Å². The number of halogens is 1. The van der Waals surface area contributed by atoms with E-state index in [-0.39, 0.29) is 24.0 Å². The van der Waals surface area contributed by atoms with Crippen LogP contribution in [0.5, 0.6) is 5.75 Å². The van der Waals surface area contributed by atoms with E-state index in [1.165, 1.54) is 51.3 Å². The number of likely N-dealkylation sites (N-methyl/N-ethyl adjacent to an activating group) is 1. The lowest BCUT2D eigenvalue weighted by Gasteiger charge is -2.34. The van der Waals surface area contributed by atoms with E-state index >= 15 is 0 Å². The van der Waals surface area contributed by atoms with Crippen LogP contribution >= 0.6 is 24.0 Å². The van der Waals surface area contributed by atoms with Crippen molar-refractivity contribution in [2.45, 2.75) is 40.2 Å². The highest BCUT2D eigenvalue weighted by Gasteiger charge is 2.14. The van der Waals surface area contributed by atoms with E-state index in [1.807, 2.05) is 0 Å². The first kappa shape index (κ1) is 28.9. The molecule has 8 heteroatoms. The number of hydrogen-bond acceptors (Lipinski definition) is 5. The van der Waals surface area contributed by atoms with Crippen LogP contribution in [0, 0.1) is 6.92 Å². The van der Waals surface area contributed by atoms with E-state index < -0.39 is 0 Å². The van der Waals surface area contributed by atoms with Gasteiger partial charge in [0.2, 0.25) is 0 Å². The summed E-state index contributed by atoms with van der Waals surface area (Å²) >= 11 is 0. The molecule has 1 aliphatic rings. The Bertz CT molecular complexity index is 651. The number of guanidine groups is 1. The number of unbranched alkanes of at least 4 members (excludes halogenated alkanes) is 1. The van der Waals surface area contributed by atoms with Gasteiger partial charge in [0.05, 0.1) is 13.2 Å². The third-order valence-corrected chi connectivity index (χ3v) is 5.63. The number of piperazine rings is 1. The summed E-state index contributed by atoms with van der Waals surface area (Å²) in [6, 6.07) is 6.28. The molecule has 0 aliphatic carbocycles. The molecule has 1 heterocycles. The van der Waals surface area contributed by atoms with Crippen molar-refractivity contribution in [3.63, 3.8) is 0 Å². The van der Waals surface area contributed by atoms with E-state index in [0.29, 0.717) is 19.8 Å². The topological polar surface area (TPSA) is 61.4 Å². The fourth-order valence-electron chi connectivity index (χ4n) is 3.66. The van der Waals surface area contributed by atoms with Gasteiger partial charge < -0.3 is 29.9 Å². The monoisotopic (exact) mass is 561 g/mol. The highest BCUT2D eigenvalue weighted by Crippen LogP contribution is 2.21. The maximum absolute atomic E-state index is 5.89. The smallest absolute Gasteiger partial charge is 0.191 e. The Hall–Kier alpha value is -1.10. The fourth-order valence-corrected chi connectivity index (χ4v) is 3.66. The van der Waals surface area contributed by atoms with Gasteiger partial charge in [-0.05, 0) is 51.4 Å². The number of rotatable bonds is 13. The van der Waals surface area contributed by atoms with E-state index in [0.717, 1.165) is 36.8 Å². The molecule has 32 heavy (non-hydrogen) atoms. The minimum absolute atomic E-state index is 0. The van der Waals surface area contributed by atoms with Gasteiger partial charge in [0.15, 0.2) is 5.96 Å². The second kappa shape index (κ2) is 17.4. The molecule has 1 saturated heterocycles. The highest BCUT2D eigenvalue weighted by molar-refractivity contribution is 14.0. The average Bonchev–Trinajstić information content (AvgIpc) is 2.78. The average molecular weight is 562 g/mol. The second-order valence-electron chi connectivity index (χ2n) is 8.06. The summed E-state index contributed by atoms with van der Waals surface area (Å²) in [4.78, 5) is 9.89.